The van der Waals surface area contributed by atoms with Gasteiger partial charge in [-0.2, -0.15) is 10.2 Å². The van der Waals surface area contributed by atoms with Crippen LogP contribution in [0.4, 0.5) is 5.69 Å². The molecule has 4 heterocycles. The molecule has 9 heteroatoms. The highest BCUT2D eigenvalue weighted by molar-refractivity contribution is 5.84. The largest absolute Gasteiger partial charge is 0.496 e. The molecule has 3 aromatic heterocycles. The Labute approximate surface area is 252 Å². The van der Waals surface area contributed by atoms with Crippen LogP contribution in [0.25, 0.3) is 33.6 Å². The quantitative estimate of drug-likeness (QED) is 0.277. The zero-order chi connectivity index (χ0) is 29.5. The molecule has 1 saturated heterocycles. The molecule has 43 heavy (non-hydrogen) atoms. The predicted molar refractivity (Wildman–Crippen MR) is 169 cm³/mol. The Hall–Kier alpha value is -4.50. The minimum absolute atomic E-state index is 0.602. The van der Waals surface area contributed by atoms with Gasteiger partial charge in [-0.3, -0.25) is 9.36 Å². The summed E-state index contributed by atoms with van der Waals surface area (Å²) in [5.41, 5.74) is 11.1. The number of aryl methyl sites for hydroxylation is 4. The molecular weight excluding hydrogens is 536 g/mol. The monoisotopic (exact) mass is 574 g/mol. The summed E-state index contributed by atoms with van der Waals surface area (Å²) >= 11 is 0. The topological polar surface area (TPSA) is 77.1 Å². The van der Waals surface area contributed by atoms with Crippen molar-refractivity contribution < 1.29 is 4.74 Å². The summed E-state index contributed by atoms with van der Waals surface area (Å²) < 4.78 is 9.70. The average molecular weight is 575 g/mol. The smallest absolute Gasteiger partial charge is 0.133 e. The summed E-state index contributed by atoms with van der Waals surface area (Å²) in [4.78, 5) is 14.9. The third-order valence-electron chi connectivity index (χ3n) is 8.90. The number of likely N-dealkylation sites (N-methyl/N-ethyl adjacent to an activating group) is 1. The van der Waals surface area contributed by atoms with Crippen LogP contribution in [-0.4, -0.2) is 74.3 Å². The lowest BCUT2D eigenvalue weighted by Gasteiger charge is -2.35. The molecule has 0 N–H and O–H groups in total. The molecule has 0 unspecified atom stereocenters. The van der Waals surface area contributed by atoms with Gasteiger partial charge in [0.1, 0.15) is 11.6 Å². The lowest BCUT2D eigenvalue weighted by atomic mass is 9.91. The number of rotatable bonds is 7. The fraction of sp³-hybridized carbons (Fsp3) is 0.353. The second-order valence-electron chi connectivity index (χ2n) is 11.5. The first kappa shape index (κ1) is 27.3. The lowest BCUT2D eigenvalue weighted by molar-refractivity contribution is 0.271. The van der Waals surface area contributed by atoms with Crippen LogP contribution in [0.1, 0.15) is 29.6 Å². The first-order valence-electron chi connectivity index (χ1n) is 15.2. The van der Waals surface area contributed by atoms with Crippen molar-refractivity contribution in [3.8, 4) is 39.4 Å². The first-order valence-corrected chi connectivity index (χ1v) is 15.2. The van der Waals surface area contributed by atoms with E-state index >= 15 is 0 Å². The van der Waals surface area contributed by atoms with Crippen LogP contribution >= 0.6 is 0 Å². The van der Waals surface area contributed by atoms with Crippen molar-refractivity contribution in [3.63, 3.8) is 0 Å². The summed E-state index contributed by atoms with van der Waals surface area (Å²) in [6.07, 6.45) is 8.32. The van der Waals surface area contributed by atoms with Gasteiger partial charge in [-0.05, 0) is 36.6 Å². The van der Waals surface area contributed by atoms with Gasteiger partial charge in [0.2, 0.25) is 0 Å². The van der Waals surface area contributed by atoms with Crippen LogP contribution < -0.4 is 9.64 Å². The van der Waals surface area contributed by atoms with Crippen LogP contribution in [0.2, 0.25) is 0 Å². The number of ether oxygens (including phenoxy) is 1. The summed E-state index contributed by atoms with van der Waals surface area (Å²) in [6, 6.07) is 15.2. The second-order valence-corrected chi connectivity index (χ2v) is 11.5. The Bertz CT molecular complexity index is 1760. The van der Waals surface area contributed by atoms with Crippen molar-refractivity contribution >= 4 is 5.69 Å². The predicted octanol–water partition coefficient (Wildman–Crippen LogP) is 4.78. The van der Waals surface area contributed by atoms with Gasteiger partial charge in [0.15, 0.2) is 0 Å². The summed E-state index contributed by atoms with van der Waals surface area (Å²) in [6.45, 7) is 7.59. The lowest BCUT2D eigenvalue weighted by Crippen LogP contribution is -2.46. The molecule has 0 saturated carbocycles. The van der Waals surface area contributed by atoms with E-state index in [4.69, 9.17) is 19.8 Å². The van der Waals surface area contributed by atoms with Crippen molar-refractivity contribution in [2.45, 2.75) is 26.2 Å². The van der Waals surface area contributed by atoms with E-state index in [1.165, 1.54) is 11.3 Å². The van der Waals surface area contributed by atoms with Crippen LogP contribution in [0.3, 0.4) is 0 Å². The molecule has 1 fully saturated rings. The number of fused-ring (bicyclic) bond motifs is 3. The highest BCUT2D eigenvalue weighted by Gasteiger charge is 2.27. The van der Waals surface area contributed by atoms with Crippen LogP contribution in [0.5, 0.6) is 5.75 Å². The molecule has 1 aliphatic carbocycles. The van der Waals surface area contributed by atoms with Crippen LogP contribution in [0, 0.1) is 0 Å². The van der Waals surface area contributed by atoms with Gasteiger partial charge in [0, 0.05) is 93.1 Å². The van der Waals surface area contributed by atoms with Gasteiger partial charge in [-0.1, -0.05) is 37.3 Å². The minimum Gasteiger partial charge on any atom is -0.496 e. The summed E-state index contributed by atoms with van der Waals surface area (Å²) in [5.74, 6) is 1.67. The maximum Gasteiger partial charge on any atom is 0.133 e. The SMILES string of the molecule is CCN1CCN(c2ccc(Cc3ncc4c(n3)-c3c(nn(C)c3-c3ccc(-c5cnn(C)c5)cc3)CC4)c(OC)c2)CC1. The highest BCUT2D eigenvalue weighted by Crippen LogP contribution is 2.40. The number of methoxy groups -OCH3 is 1. The van der Waals surface area contributed by atoms with Gasteiger partial charge >= 0.3 is 0 Å². The van der Waals surface area contributed by atoms with E-state index in [2.05, 4.69) is 64.3 Å². The van der Waals surface area contributed by atoms with Crippen molar-refractivity contribution in [1.82, 2.24) is 34.4 Å². The van der Waals surface area contributed by atoms with Crippen LogP contribution in [0.15, 0.2) is 61.1 Å². The minimum atomic E-state index is 0.602. The van der Waals surface area contributed by atoms with Gasteiger partial charge < -0.3 is 14.5 Å². The molecule has 2 aromatic carbocycles. The number of hydrogen-bond acceptors (Lipinski definition) is 7. The molecule has 220 valence electrons. The van der Waals surface area contributed by atoms with Crippen molar-refractivity contribution in [2.24, 2.45) is 14.1 Å². The molecule has 7 rings (SSSR count). The highest BCUT2D eigenvalue weighted by atomic mass is 16.5. The Morgan fingerprint density at radius 3 is 2.40 bits per heavy atom. The van der Waals surface area contributed by atoms with Gasteiger partial charge in [0.05, 0.1) is 30.4 Å². The Morgan fingerprint density at radius 1 is 0.884 bits per heavy atom. The number of benzene rings is 2. The zero-order valence-electron chi connectivity index (χ0n) is 25.4. The molecule has 0 amide bonds. The molecule has 0 spiro atoms. The third-order valence-corrected chi connectivity index (χ3v) is 8.90. The average Bonchev–Trinajstić information content (AvgIpc) is 3.63. The molecule has 0 atom stereocenters. The maximum absolute atomic E-state index is 5.87. The Kier molecular flexibility index (Phi) is 7.18. The molecule has 5 aromatic rings. The van der Waals surface area contributed by atoms with Gasteiger partial charge in [-0.25, -0.2) is 9.97 Å². The van der Waals surface area contributed by atoms with E-state index in [1.807, 2.05) is 42.0 Å². The van der Waals surface area contributed by atoms with Crippen molar-refractivity contribution in [1.29, 1.82) is 0 Å². The van der Waals surface area contributed by atoms with E-state index < -0.39 is 0 Å². The normalized spacial score (nSPS) is 14.9. The Morgan fingerprint density at radius 2 is 1.67 bits per heavy atom. The van der Waals surface area contributed by atoms with E-state index in [0.29, 0.717) is 6.42 Å². The van der Waals surface area contributed by atoms with E-state index in [-0.39, 0.29) is 0 Å². The zero-order valence-corrected chi connectivity index (χ0v) is 25.4. The molecule has 1 aliphatic heterocycles. The number of aromatic nitrogens is 6. The van der Waals surface area contributed by atoms with E-state index in [1.54, 1.807) is 7.11 Å². The van der Waals surface area contributed by atoms with E-state index in [9.17, 15) is 0 Å². The number of hydrogen-bond donors (Lipinski definition) is 0. The van der Waals surface area contributed by atoms with Gasteiger partial charge in [0.25, 0.3) is 0 Å². The number of piperazine rings is 1. The fourth-order valence-electron chi connectivity index (χ4n) is 6.47. The summed E-state index contributed by atoms with van der Waals surface area (Å²) in [5, 5.41) is 9.25. The van der Waals surface area contributed by atoms with Crippen molar-refractivity contribution in [2.75, 3.05) is 44.7 Å². The number of nitrogens with zero attached hydrogens (tertiary/aromatic N) is 8. The fourth-order valence-corrected chi connectivity index (χ4v) is 6.47. The van der Waals surface area contributed by atoms with E-state index in [0.717, 1.165) is 102 Å². The molecule has 9 nitrogen and oxygen atoms in total. The van der Waals surface area contributed by atoms with Crippen molar-refractivity contribution in [3.05, 3.63) is 83.7 Å². The molecule has 2 aliphatic rings. The standard InChI is InChI=1S/C34H38N8O/c1-5-41-14-16-42(17-15-41)28-12-10-25(30(19-28)43-4)18-31-35-20-26-11-13-29-32(33(26)37-31)34(40(3)38-29)24-8-6-23(7-9-24)27-21-36-39(2)22-27/h6-10,12,19-22H,5,11,13-18H2,1-4H3. The number of anilines is 1. The molecular formula is C34H38N8O. The Balaban J connectivity index is 1.18. The molecule has 0 bridgehead atoms. The van der Waals surface area contributed by atoms with Gasteiger partial charge in [-0.15, -0.1) is 0 Å². The molecule has 0 radical (unpaired) electrons. The third kappa shape index (κ3) is 5.18. The van der Waals surface area contributed by atoms with Crippen LogP contribution in [-0.2, 0) is 33.4 Å². The second kappa shape index (κ2) is 11.3. The summed E-state index contributed by atoms with van der Waals surface area (Å²) in [7, 11) is 5.71. The first-order chi connectivity index (χ1) is 21.0. The maximum atomic E-state index is 5.87.